The van der Waals surface area contributed by atoms with E-state index in [1.165, 1.54) is 18.9 Å². The number of carbonyl (C=O) groups excluding carboxylic acids is 1. The first-order valence-electron chi connectivity index (χ1n) is 12.7. The molecule has 0 radical (unpaired) electrons. The molecular weight excluding hydrogens is 477 g/mol. The van der Waals surface area contributed by atoms with E-state index < -0.39 is 6.10 Å². The van der Waals surface area contributed by atoms with Crippen LogP contribution in [0, 0.1) is 12.7 Å². The average Bonchev–Trinajstić information content (AvgIpc) is 3.28. The molecule has 1 amide bonds. The zero-order valence-corrected chi connectivity index (χ0v) is 20.9. The van der Waals surface area contributed by atoms with Gasteiger partial charge in [0.1, 0.15) is 24.0 Å². The van der Waals surface area contributed by atoms with Gasteiger partial charge in [0, 0.05) is 55.6 Å². The molecule has 3 N–H and O–H groups in total. The lowest BCUT2D eigenvalue weighted by Gasteiger charge is -2.31. The summed E-state index contributed by atoms with van der Waals surface area (Å²) in [5.41, 5.74) is 2.74. The fourth-order valence-electron chi connectivity index (χ4n) is 4.59. The Morgan fingerprint density at radius 3 is 2.95 bits per heavy atom. The molecule has 10 heteroatoms. The number of rotatable bonds is 10. The first kappa shape index (κ1) is 25.2. The molecule has 196 valence electrons. The number of halogens is 1. The van der Waals surface area contributed by atoms with Gasteiger partial charge in [-0.2, -0.15) is 0 Å². The van der Waals surface area contributed by atoms with E-state index in [0.29, 0.717) is 60.6 Å². The number of pyridine rings is 1. The second kappa shape index (κ2) is 11.3. The lowest BCUT2D eigenvalue weighted by Crippen LogP contribution is -2.42. The number of aliphatic hydroxyl groups excluding tert-OH is 1. The number of carbonyl (C=O) groups is 1. The molecule has 9 nitrogen and oxygen atoms in total. The molecule has 2 aromatic heterocycles. The molecule has 1 fully saturated rings. The number of nitrogens with zero attached hydrogens (tertiary/aromatic N) is 3. The average molecular weight is 510 g/mol. The van der Waals surface area contributed by atoms with Crippen molar-refractivity contribution in [1.29, 1.82) is 0 Å². The number of β-amino-alcohol motifs (C(OH)–C–C–N with tert-alkyl or cyclic N) is 1. The van der Waals surface area contributed by atoms with Crippen LogP contribution in [-0.4, -0.2) is 57.7 Å². The molecule has 3 aromatic rings. The highest BCUT2D eigenvalue weighted by Crippen LogP contribution is 2.28. The summed E-state index contributed by atoms with van der Waals surface area (Å²) < 4.78 is 25.9. The maximum Gasteiger partial charge on any atom is 0.251 e. The van der Waals surface area contributed by atoms with Crippen molar-refractivity contribution < 1.29 is 23.4 Å². The van der Waals surface area contributed by atoms with Crippen molar-refractivity contribution in [3.63, 3.8) is 0 Å². The number of ether oxygens (including phenoxy) is 1. The zero-order chi connectivity index (χ0) is 25.8. The fourth-order valence-corrected chi connectivity index (χ4v) is 4.59. The Morgan fingerprint density at radius 2 is 2.19 bits per heavy atom. The molecule has 1 unspecified atom stereocenters. The van der Waals surface area contributed by atoms with Crippen LogP contribution in [0.15, 0.2) is 41.3 Å². The summed E-state index contributed by atoms with van der Waals surface area (Å²) in [6.07, 6.45) is 6.27. The molecule has 1 aliphatic heterocycles. The SMILES string of the molecule is Cc1ncoc1COc1cc(F)c2c(c1)CCN(CC(O)CNC(=O)c1ccnc(NC3CCC3)c1)C2. The number of benzene rings is 1. The number of oxazole rings is 1. The van der Waals surface area contributed by atoms with Crippen LogP contribution >= 0.6 is 0 Å². The fraction of sp³-hybridized carbons (Fsp3) is 0.444. The monoisotopic (exact) mass is 509 g/mol. The van der Waals surface area contributed by atoms with Crippen LogP contribution in [0.4, 0.5) is 10.2 Å². The quantitative estimate of drug-likeness (QED) is 0.382. The minimum atomic E-state index is -0.782. The lowest BCUT2D eigenvalue weighted by molar-refractivity contribution is 0.0839. The number of amides is 1. The minimum Gasteiger partial charge on any atom is -0.485 e. The Labute approximate surface area is 215 Å². The summed E-state index contributed by atoms with van der Waals surface area (Å²) in [6.45, 7) is 3.50. The smallest absolute Gasteiger partial charge is 0.251 e. The standard InChI is InChI=1S/C27H32FN5O4/c1-17-25(37-16-31-17)15-36-22-9-18-6-8-33(14-23(18)24(28)11-22)13-21(34)12-30-27(35)19-5-7-29-26(10-19)32-20-3-2-4-20/h5,7,9-11,16,20-21,34H,2-4,6,8,12-15H2,1H3,(H,29,32)(H,30,35). The summed E-state index contributed by atoms with van der Waals surface area (Å²) in [7, 11) is 0. The normalized spacial score (nSPS) is 16.5. The van der Waals surface area contributed by atoms with Crippen molar-refractivity contribution in [3.05, 3.63) is 70.8 Å². The van der Waals surface area contributed by atoms with Crippen LogP contribution in [0.5, 0.6) is 5.75 Å². The number of aryl methyl sites for hydroxylation is 1. The van der Waals surface area contributed by atoms with Crippen LogP contribution < -0.4 is 15.4 Å². The van der Waals surface area contributed by atoms with E-state index in [1.807, 2.05) is 17.9 Å². The third-order valence-corrected chi connectivity index (χ3v) is 7.00. The Kier molecular flexibility index (Phi) is 7.66. The van der Waals surface area contributed by atoms with Gasteiger partial charge in [0.15, 0.2) is 12.2 Å². The van der Waals surface area contributed by atoms with E-state index in [1.54, 1.807) is 18.3 Å². The molecule has 1 saturated carbocycles. The van der Waals surface area contributed by atoms with Crippen LogP contribution in [0.2, 0.25) is 0 Å². The predicted octanol–water partition coefficient (Wildman–Crippen LogP) is 3.21. The summed E-state index contributed by atoms with van der Waals surface area (Å²) in [4.78, 5) is 22.9. The molecule has 1 aromatic carbocycles. The number of nitrogens with one attached hydrogen (secondary N) is 2. The van der Waals surface area contributed by atoms with E-state index in [9.17, 15) is 14.3 Å². The molecule has 1 atom stereocenters. The van der Waals surface area contributed by atoms with E-state index in [-0.39, 0.29) is 24.9 Å². The van der Waals surface area contributed by atoms with Gasteiger partial charge in [-0.25, -0.2) is 14.4 Å². The lowest BCUT2D eigenvalue weighted by atomic mass is 9.93. The number of anilines is 1. The molecular formula is C27H32FN5O4. The minimum absolute atomic E-state index is 0.103. The van der Waals surface area contributed by atoms with E-state index in [2.05, 4.69) is 20.6 Å². The summed E-state index contributed by atoms with van der Waals surface area (Å²) in [6, 6.07) is 7.06. The molecule has 0 bridgehead atoms. The van der Waals surface area contributed by atoms with Crippen molar-refractivity contribution in [2.24, 2.45) is 0 Å². The number of aromatic nitrogens is 2. The molecule has 1 aliphatic carbocycles. The van der Waals surface area contributed by atoms with Crippen LogP contribution in [0.1, 0.15) is 52.2 Å². The van der Waals surface area contributed by atoms with Crippen molar-refractivity contribution in [3.8, 4) is 5.75 Å². The highest BCUT2D eigenvalue weighted by molar-refractivity contribution is 5.94. The number of aliphatic hydroxyl groups is 1. The van der Waals surface area contributed by atoms with Gasteiger partial charge in [0.2, 0.25) is 0 Å². The largest absolute Gasteiger partial charge is 0.485 e. The van der Waals surface area contributed by atoms with Crippen molar-refractivity contribution in [2.45, 2.75) is 57.9 Å². The third kappa shape index (κ3) is 6.26. The van der Waals surface area contributed by atoms with Crippen LogP contribution in [0.3, 0.4) is 0 Å². The molecule has 2 aliphatic rings. The van der Waals surface area contributed by atoms with Crippen molar-refractivity contribution >= 4 is 11.7 Å². The van der Waals surface area contributed by atoms with Gasteiger partial charge in [-0.15, -0.1) is 0 Å². The topological polar surface area (TPSA) is 113 Å². The zero-order valence-electron chi connectivity index (χ0n) is 20.9. The van der Waals surface area contributed by atoms with Crippen molar-refractivity contribution in [2.75, 3.05) is 25.0 Å². The van der Waals surface area contributed by atoms with E-state index in [0.717, 1.165) is 24.1 Å². The molecule has 0 spiro atoms. The first-order valence-corrected chi connectivity index (χ1v) is 12.7. The number of fused-ring (bicyclic) bond motifs is 1. The summed E-state index contributed by atoms with van der Waals surface area (Å²) >= 11 is 0. The molecule has 37 heavy (non-hydrogen) atoms. The Hall–Kier alpha value is -3.50. The van der Waals surface area contributed by atoms with Gasteiger partial charge < -0.3 is 24.9 Å². The van der Waals surface area contributed by atoms with Gasteiger partial charge in [0.05, 0.1) is 11.8 Å². The first-order chi connectivity index (χ1) is 17.9. The Bertz CT molecular complexity index is 1250. The highest BCUT2D eigenvalue weighted by atomic mass is 19.1. The van der Waals surface area contributed by atoms with Gasteiger partial charge in [-0.1, -0.05) is 0 Å². The summed E-state index contributed by atoms with van der Waals surface area (Å²) in [5, 5.41) is 16.7. The van der Waals surface area contributed by atoms with Crippen LogP contribution in [-0.2, 0) is 19.6 Å². The summed E-state index contributed by atoms with van der Waals surface area (Å²) in [5.74, 6) is 1.15. The Morgan fingerprint density at radius 1 is 1.32 bits per heavy atom. The second-order valence-corrected chi connectivity index (χ2v) is 9.74. The predicted molar refractivity (Wildman–Crippen MR) is 135 cm³/mol. The molecule has 5 rings (SSSR count). The molecule has 3 heterocycles. The third-order valence-electron chi connectivity index (χ3n) is 7.00. The maximum absolute atomic E-state index is 14.9. The van der Waals surface area contributed by atoms with Crippen LogP contribution in [0.25, 0.3) is 0 Å². The maximum atomic E-state index is 14.9. The van der Waals surface area contributed by atoms with Gasteiger partial charge >= 0.3 is 0 Å². The number of hydrogen-bond donors (Lipinski definition) is 3. The van der Waals surface area contributed by atoms with Gasteiger partial charge in [0.25, 0.3) is 5.91 Å². The van der Waals surface area contributed by atoms with E-state index in [4.69, 9.17) is 9.15 Å². The van der Waals surface area contributed by atoms with Crippen molar-refractivity contribution in [1.82, 2.24) is 20.2 Å². The number of hydrogen-bond acceptors (Lipinski definition) is 8. The van der Waals surface area contributed by atoms with Gasteiger partial charge in [-0.05, 0) is 56.4 Å². The molecule has 0 saturated heterocycles. The van der Waals surface area contributed by atoms with E-state index >= 15 is 0 Å². The Balaban J connectivity index is 1.10. The highest BCUT2D eigenvalue weighted by Gasteiger charge is 2.23. The van der Waals surface area contributed by atoms with Gasteiger partial charge in [-0.3, -0.25) is 9.69 Å². The second-order valence-electron chi connectivity index (χ2n) is 9.74.